The molecular formula is C15H21N3O2. The zero-order valence-corrected chi connectivity index (χ0v) is 11.9. The van der Waals surface area contributed by atoms with E-state index in [0.717, 1.165) is 38.9 Å². The minimum Gasteiger partial charge on any atom is -0.357 e. The van der Waals surface area contributed by atoms with Crippen molar-refractivity contribution < 1.29 is 9.59 Å². The molecule has 5 nitrogen and oxygen atoms in total. The van der Waals surface area contributed by atoms with Crippen molar-refractivity contribution in [2.24, 2.45) is 5.41 Å². The third kappa shape index (κ3) is 2.01. The predicted molar refractivity (Wildman–Crippen MR) is 75.2 cm³/mol. The number of carbonyl (C=O) groups excluding carboxylic acids is 2. The van der Waals surface area contributed by atoms with E-state index in [0.29, 0.717) is 12.2 Å². The van der Waals surface area contributed by atoms with Gasteiger partial charge in [-0.05, 0) is 38.3 Å². The highest BCUT2D eigenvalue weighted by atomic mass is 16.2. The quantitative estimate of drug-likeness (QED) is 0.889. The zero-order chi connectivity index (χ0) is 14.2. The maximum atomic E-state index is 12.5. The molecule has 0 aromatic carbocycles. The van der Waals surface area contributed by atoms with E-state index in [1.807, 2.05) is 22.8 Å². The molecule has 1 aromatic rings. The van der Waals surface area contributed by atoms with Gasteiger partial charge in [-0.2, -0.15) is 0 Å². The lowest BCUT2D eigenvalue weighted by Gasteiger charge is -2.38. The molecule has 2 fully saturated rings. The Balaban J connectivity index is 1.77. The van der Waals surface area contributed by atoms with Crippen LogP contribution in [0.2, 0.25) is 0 Å². The van der Waals surface area contributed by atoms with Crippen molar-refractivity contribution in [1.82, 2.24) is 14.8 Å². The molecule has 0 radical (unpaired) electrons. The lowest BCUT2D eigenvalue weighted by Crippen LogP contribution is -2.49. The molecule has 0 aliphatic carbocycles. The summed E-state index contributed by atoms with van der Waals surface area (Å²) in [6, 6.07) is 3.62. The molecule has 2 amide bonds. The number of nitrogens with zero attached hydrogens (tertiary/aromatic N) is 2. The lowest BCUT2D eigenvalue weighted by atomic mass is 9.78. The molecule has 3 heterocycles. The molecule has 2 saturated heterocycles. The van der Waals surface area contributed by atoms with Crippen LogP contribution in [0.15, 0.2) is 18.3 Å². The Hall–Kier alpha value is -1.78. The van der Waals surface area contributed by atoms with Crippen LogP contribution in [0, 0.1) is 5.41 Å². The molecule has 1 aromatic heterocycles. The van der Waals surface area contributed by atoms with Crippen LogP contribution in [0.1, 0.15) is 36.7 Å². The monoisotopic (exact) mass is 275 g/mol. The SMILES string of the molecule is CCN1CCC2(CCCN(C(=O)c3ccc[nH]3)C2)C1=O. The Bertz CT molecular complexity index is 511. The molecule has 0 bridgehead atoms. The number of piperidine rings is 1. The van der Waals surface area contributed by atoms with Gasteiger partial charge in [-0.15, -0.1) is 0 Å². The minimum absolute atomic E-state index is 0.0109. The molecular weight excluding hydrogens is 254 g/mol. The van der Waals surface area contributed by atoms with Crippen LogP contribution in [0.25, 0.3) is 0 Å². The molecule has 108 valence electrons. The highest BCUT2D eigenvalue weighted by Gasteiger charge is 2.49. The molecule has 3 rings (SSSR count). The Morgan fingerprint density at radius 2 is 2.25 bits per heavy atom. The fourth-order valence-corrected chi connectivity index (χ4v) is 3.51. The average molecular weight is 275 g/mol. The van der Waals surface area contributed by atoms with E-state index in [2.05, 4.69) is 4.98 Å². The number of hydrogen-bond donors (Lipinski definition) is 1. The zero-order valence-electron chi connectivity index (χ0n) is 11.9. The van der Waals surface area contributed by atoms with Crippen LogP contribution < -0.4 is 0 Å². The standard InChI is InChI=1S/C15H21N3O2/c1-2-17-10-7-15(14(17)20)6-4-9-18(11-15)13(19)12-5-3-8-16-12/h3,5,8,16H,2,4,6-7,9-11H2,1H3. The molecule has 1 atom stereocenters. The van der Waals surface area contributed by atoms with Crippen LogP contribution in [0.3, 0.4) is 0 Å². The molecule has 2 aliphatic heterocycles. The van der Waals surface area contributed by atoms with Gasteiger partial charge in [0.1, 0.15) is 5.69 Å². The van der Waals surface area contributed by atoms with Gasteiger partial charge in [-0.25, -0.2) is 0 Å². The van der Waals surface area contributed by atoms with Crippen LogP contribution in [0.4, 0.5) is 0 Å². The first-order valence-corrected chi connectivity index (χ1v) is 7.38. The summed E-state index contributed by atoms with van der Waals surface area (Å²) in [5, 5.41) is 0. The normalized spacial score (nSPS) is 26.6. The van der Waals surface area contributed by atoms with Crippen molar-refractivity contribution in [3.8, 4) is 0 Å². The lowest BCUT2D eigenvalue weighted by molar-refractivity contribution is -0.138. The van der Waals surface area contributed by atoms with E-state index in [1.165, 1.54) is 0 Å². The summed E-state index contributed by atoms with van der Waals surface area (Å²) in [5.41, 5.74) is 0.288. The Labute approximate surface area is 118 Å². The third-order valence-corrected chi connectivity index (χ3v) is 4.68. The summed E-state index contributed by atoms with van der Waals surface area (Å²) in [5.74, 6) is 0.251. The van der Waals surface area contributed by atoms with Crippen molar-refractivity contribution >= 4 is 11.8 Å². The first-order chi connectivity index (χ1) is 9.66. The third-order valence-electron chi connectivity index (χ3n) is 4.68. The van der Waals surface area contributed by atoms with Crippen LogP contribution >= 0.6 is 0 Å². The molecule has 1 unspecified atom stereocenters. The number of hydrogen-bond acceptors (Lipinski definition) is 2. The number of carbonyl (C=O) groups is 2. The van der Waals surface area contributed by atoms with Crippen LogP contribution in [-0.4, -0.2) is 52.8 Å². The number of nitrogens with one attached hydrogen (secondary N) is 1. The highest BCUT2D eigenvalue weighted by molar-refractivity contribution is 5.93. The fraction of sp³-hybridized carbons (Fsp3) is 0.600. The summed E-state index contributed by atoms with van der Waals surface area (Å²) in [6.45, 7) is 4.94. The second kappa shape index (κ2) is 4.96. The maximum Gasteiger partial charge on any atom is 0.270 e. The predicted octanol–water partition coefficient (Wildman–Crippen LogP) is 1.49. The molecule has 5 heteroatoms. The van der Waals surface area contributed by atoms with Gasteiger partial charge in [0.05, 0.1) is 5.41 Å². The Morgan fingerprint density at radius 1 is 1.40 bits per heavy atom. The molecule has 20 heavy (non-hydrogen) atoms. The van der Waals surface area contributed by atoms with Crippen molar-refractivity contribution in [3.63, 3.8) is 0 Å². The van der Waals surface area contributed by atoms with Crippen LogP contribution in [0.5, 0.6) is 0 Å². The maximum absolute atomic E-state index is 12.5. The second-order valence-corrected chi connectivity index (χ2v) is 5.83. The highest BCUT2D eigenvalue weighted by Crippen LogP contribution is 2.40. The average Bonchev–Trinajstić information content (AvgIpc) is 3.09. The van der Waals surface area contributed by atoms with Crippen molar-refractivity contribution in [1.29, 1.82) is 0 Å². The Morgan fingerprint density at radius 3 is 2.90 bits per heavy atom. The number of likely N-dealkylation sites (tertiary alicyclic amines) is 2. The summed E-state index contributed by atoms with van der Waals surface area (Å²) >= 11 is 0. The number of aromatic nitrogens is 1. The molecule has 1 spiro atoms. The first kappa shape index (κ1) is 13.2. The van der Waals surface area contributed by atoms with Gasteiger partial charge in [-0.1, -0.05) is 0 Å². The van der Waals surface area contributed by atoms with E-state index < -0.39 is 0 Å². The first-order valence-electron chi connectivity index (χ1n) is 7.38. The van der Waals surface area contributed by atoms with Gasteiger partial charge in [0.15, 0.2) is 0 Å². The fourth-order valence-electron chi connectivity index (χ4n) is 3.51. The summed E-state index contributed by atoms with van der Waals surface area (Å²) in [7, 11) is 0. The van der Waals surface area contributed by atoms with Gasteiger partial charge in [0.2, 0.25) is 5.91 Å². The van der Waals surface area contributed by atoms with Gasteiger partial charge in [0.25, 0.3) is 5.91 Å². The minimum atomic E-state index is -0.323. The van der Waals surface area contributed by atoms with E-state index in [-0.39, 0.29) is 17.2 Å². The van der Waals surface area contributed by atoms with Crippen molar-refractivity contribution in [2.45, 2.75) is 26.2 Å². The van der Waals surface area contributed by atoms with E-state index in [9.17, 15) is 9.59 Å². The van der Waals surface area contributed by atoms with Gasteiger partial charge in [0, 0.05) is 32.4 Å². The van der Waals surface area contributed by atoms with Gasteiger partial charge >= 0.3 is 0 Å². The summed E-state index contributed by atoms with van der Waals surface area (Å²) < 4.78 is 0. The second-order valence-electron chi connectivity index (χ2n) is 5.83. The van der Waals surface area contributed by atoms with E-state index in [4.69, 9.17) is 0 Å². The smallest absolute Gasteiger partial charge is 0.270 e. The molecule has 2 aliphatic rings. The number of aromatic amines is 1. The number of H-pyrrole nitrogens is 1. The summed E-state index contributed by atoms with van der Waals surface area (Å²) in [4.78, 5) is 31.7. The summed E-state index contributed by atoms with van der Waals surface area (Å²) in [6.07, 6.45) is 4.47. The molecule has 1 N–H and O–H groups in total. The number of rotatable bonds is 2. The van der Waals surface area contributed by atoms with Crippen molar-refractivity contribution in [2.75, 3.05) is 26.2 Å². The Kier molecular flexibility index (Phi) is 3.28. The van der Waals surface area contributed by atoms with E-state index in [1.54, 1.807) is 12.3 Å². The topological polar surface area (TPSA) is 56.4 Å². The van der Waals surface area contributed by atoms with Crippen LogP contribution in [-0.2, 0) is 4.79 Å². The van der Waals surface area contributed by atoms with Crippen molar-refractivity contribution in [3.05, 3.63) is 24.0 Å². The van der Waals surface area contributed by atoms with Gasteiger partial charge < -0.3 is 14.8 Å². The molecule has 0 saturated carbocycles. The number of amides is 2. The largest absolute Gasteiger partial charge is 0.357 e. The van der Waals surface area contributed by atoms with E-state index >= 15 is 0 Å². The van der Waals surface area contributed by atoms with Gasteiger partial charge in [-0.3, -0.25) is 9.59 Å².